The van der Waals surface area contributed by atoms with Crippen molar-refractivity contribution in [2.45, 2.75) is 0 Å². The van der Waals surface area contributed by atoms with Gasteiger partial charge in [-0.15, -0.1) is 0 Å². The van der Waals surface area contributed by atoms with Crippen molar-refractivity contribution < 1.29 is 0 Å². The van der Waals surface area contributed by atoms with E-state index < -0.39 is 0 Å². The Hall–Kier alpha value is -5.55. The Kier molecular flexibility index (Phi) is 11.9. The molecule has 0 atom stereocenters. The van der Waals surface area contributed by atoms with E-state index in [9.17, 15) is 0 Å². The van der Waals surface area contributed by atoms with E-state index in [2.05, 4.69) is 248 Å². The Balaban J connectivity index is 0.000000103. The highest BCUT2D eigenvalue weighted by molar-refractivity contribution is 9.11. The van der Waals surface area contributed by atoms with Crippen LogP contribution < -0.4 is 0 Å². The first-order valence-corrected chi connectivity index (χ1v) is 22.4. The number of halogens is 4. The summed E-state index contributed by atoms with van der Waals surface area (Å²) in [6, 6.07) is 76.3. The molecule has 12 aromatic rings. The summed E-state index contributed by atoms with van der Waals surface area (Å²) in [4.78, 5) is 0. The van der Waals surface area contributed by atoms with Crippen molar-refractivity contribution in [1.29, 1.82) is 0 Å². The van der Waals surface area contributed by atoms with Crippen molar-refractivity contribution in [2.24, 2.45) is 0 Å². The molecule has 0 radical (unpaired) electrons. The zero-order chi connectivity index (χ0) is 41.0. The molecular weight excluding hydrogens is 948 g/mol. The molecule has 0 aliphatic rings. The van der Waals surface area contributed by atoms with E-state index in [0.29, 0.717) is 0 Å². The first kappa shape index (κ1) is 39.9. The smallest absolute Gasteiger partial charge is 0.0484 e. The highest BCUT2D eigenvalue weighted by Crippen LogP contribution is 2.33. The van der Waals surface area contributed by atoms with Gasteiger partial charge in [-0.3, -0.25) is 0 Å². The second-order valence-electron chi connectivity index (χ2n) is 14.6. The molecule has 12 rings (SSSR count). The number of hydrogen-bond acceptors (Lipinski definition) is 0. The predicted octanol–water partition coefficient (Wildman–Crippen LogP) is 18.9. The van der Waals surface area contributed by atoms with Gasteiger partial charge in [0, 0.05) is 23.8 Å². The molecule has 0 amide bonds. The molecule has 0 aromatic heterocycles. The SMILES string of the molecule is Brc1c2ccccc2cc2ccccc12.Brc1ccc2cc3ccccc3cc2c1.Brc1ccc2ccc3ccccc3c2c1.Clc1cccc2cc3ccccc3cc12. The standard InChI is InChI=1S/3C14H9Br.C14H9Cl/c15-14-12-7-3-1-5-10(12)9-11-6-2-4-8-13(11)14;15-14-6-5-12-7-10-3-1-2-4-11(10)8-13(12)9-14;15-12-8-7-11-6-5-10-3-1-2-4-13(10)14(11)9-12;15-14-7-3-6-12-8-10-4-1-2-5-11(10)9-13(12)14/h4*1-9H. The van der Waals surface area contributed by atoms with Crippen molar-refractivity contribution in [3.05, 3.63) is 237 Å². The van der Waals surface area contributed by atoms with Gasteiger partial charge in [0.05, 0.1) is 0 Å². The van der Waals surface area contributed by atoms with Crippen LogP contribution in [0.25, 0.3) is 86.2 Å². The summed E-state index contributed by atoms with van der Waals surface area (Å²) >= 11 is 16.9. The monoisotopic (exact) mass is 980 g/mol. The molecule has 0 fully saturated rings. The zero-order valence-corrected chi connectivity index (χ0v) is 37.8. The summed E-state index contributed by atoms with van der Waals surface area (Å²) in [5.41, 5.74) is 0. The quantitative estimate of drug-likeness (QED) is 0.105. The number of fused-ring (bicyclic) bond motifs is 9. The first-order valence-electron chi connectivity index (χ1n) is 19.7. The lowest BCUT2D eigenvalue weighted by molar-refractivity contribution is 1.72. The molecule has 60 heavy (non-hydrogen) atoms. The largest absolute Gasteiger partial charge is 0.0837 e. The van der Waals surface area contributed by atoms with Crippen LogP contribution in [0.5, 0.6) is 0 Å². The Morgan fingerprint density at radius 1 is 0.233 bits per heavy atom. The second kappa shape index (κ2) is 18.0. The first-order chi connectivity index (χ1) is 29.4. The number of hydrogen-bond donors (Lipinski definition) is 0. The Morgan fingerprint density at radius 3 is 1.22 bits per heavy atom. The fourth-order valence-corrected chi connectivity index (χ4v) is 9.47. The van der Waals surface area contributed by atoms with Crippen molar-refractivity contribution in [3.63, 3.8) is 0 Å². The van der Waals surface area contributed by atoms with E-state index in [1.165, 1.54) is 85.3 Å². The van der Waals surface area contributed by atoms with Gasteiger partial charge in [0.1, 0.15) is 0 Å². The maximum atomic E-state index is 6.16. The summed E-state index contributed by atoms with van der Waals surface area (Å²) in [6.07, 6.45) is 0. The summed E-state index contributed by atoms with van der Waals surface area (Å²) in [5.74, 6) is 0. The molecular formula is C56H36Br3Cl. The van der Waals surface area contributed by atoms with E-state index in [1.54, 1.807) is 0 Å². The predicted molar refractivity (Wildman–Crippen MR) is 274 cm³/mol. The number of rotatable bonds is 0. The Labute approximate surface area is 379 Å². The maximum Gasteiger partial charge on any atom is 0.0484 e. The second-order valence-corrected chi connectivity index (χ2v) is 17.7. The fraction of sp³-hybridized carbons (Fsp3) is 0. The van der Waals surface area contributed by atoms with Gasteiger partial charge in [-0.05, 0) is 157 Å². The molecule has 0 saturated heterocycles. The topological polar surface area (TPSA) is 0 Å². The molecule has 12 aromatic carbocycles. The highest BCUT2D eigenvalue weighted by atomic mass is 79.9. The lowest BCUT2D eigenvalue weighted by Crippen LogP contribution is -1.78. The lowest BCUT2D eigenvalue weighted by atomic mass is 10.0. The van der Waals surface area contributed by atoms with Crippen LogP contribution in [-0.2, 0) is 0 Å². The van der Waals surface area contributed by atoms with E-state index >= 15 is 0 Å². The van der Waals surface area contributed by atoms with E-state index in [1.807, 2.05) is 18.2 Å². The zero-order valence-electron chi connectivity index (χ0n) is 32.3. The average molecular weight is 984 g/mol. The van der Waals surface area contributed by atoms with Gasteiger partial charge in [0.15, 0.2) is 0 Å². The number of benzene rings is 12. The van der Waals surface area contributed by atoms with Crippen LogP contribution in [0.15, 0.2) is 232 Å². The van der Waals surface area contributed by atoms with Crippen molar-refractivity contribution in [1.82, 2.24) is 0 Å². The average Bonchev–Trinajstić information content (AvgIpc) is 3.29. The third kappa shape index (κ3) is 8.68. The van der Waals surface area contributed by atoms with Crippen molar-refractivity contribution >= 4 is 146 Å². The van der Waals surface area contributed by atoms with Crippen LogP contribution in [0.4, 0.5) is 0 Å². The third-order valence-corrected chi connectivity index (χ3v) is 12.9. The molecule has 288 valence electrons. The molecule has 0 spiro atoms. The van der Waals surface area contributed by atoms with Crippen molar-refractivity contribution in [3.8, 4) is 0 Å². The molecule has 0 aliphatic carbocycles. The van der Waals surface area contributed by atoms with Crippen molar-refractivity contribution in [2.75, 3.05) is 0 Å². The van der Waals surface area contributed by atoms with Crippen LogP contribution in [0.3, 0.4) is 0 Å². The highest BCUT2D eigenvalue weighted by Gasteiger charge is 2.04. The summed E-state index contributed by atoms with van der Waals surface area (Å²) in [5, 5.41) is 21.1. The fourth-order valence-electron chi connectivity index (χ4n) is 7.77. The van der Waals surface area contributed by atoms with Gasteiger partial charge in [-0.25, -0.2) is 0 Å². The van der Waals surface area contributed by atoms with Gasteiger partial charge >= 0.3 is 0 Å². The minimum absolute atomic E-state index is 0.818. The minimum Gasteiger partial charge on any atom is -0.0837 e. The summed E-state index contributed by atoms with van der Waals surface area (Å²) in [6.45, 7) is 0. The minimum atomic E-state index is 0.818. The normalized spacial score (nSPS) is 11.0. The molecule has 0 saturated carbocycles. The lowest BCUT2D eigenvalue weighted by Gasteiger charge is -2.05. The Morgan fingerprint density at radius 2 is 0.600 bits per heavy atom. The Bertz CT molecular complexity index is 3400. The van der Waals surface area contributed by atoms with E-state index in [4.69, 9.17) is 11.6 Å². The maximum absolute atomic E-state index is 6.16. The van der Waals surface area contributed by atoms with Gasteiger partial charge in [0.2, 0.25) is 0 Å². The van der Waals surface area contributed by atoms with Crippen LogP contribution in [0, 0.1) is 0 Å². The van der Waals surface area contributed by atoms with Crippen LogP contribution in [0.1, 0.15) is 0 Å². The van der Waals surface area contributed by atoms with Gasteiger partial charge < -0.3 is 0 Å². The molecule has 0 nitrogen and oxygen atoms in total. The van der Waals surface area contributed by atoms with Gasteiger partial charge in [-0.1, -0.05) is 201 Å². The molecule has 0 unspecified atom stereocenters. The van der Waals surface area contributed by atoms with Crippen LogP contribution >= 0.6 is 59.4 Å². The third-order valence-electron chi connectivity index (χ3n) is 10.8. The van der Waals surface area contributed by atoms with E-state index in [-0.39, 0.29) is 0 Å². The van der Waals surface area contributed by atoms with E-state index in [0.717, 1.165) is 19.4 Å². The summed E-state index contributed by atoms with van der Waals surface area (Å²) < 4.78 is 3.45. The molecule has 0 heterocycles. The summed E-state index contributed by atoms with van der Waals surface area (Å²) in [7, 11) is 0. The molecule has 0 bridgehead atoms. The van der Waals surface area contributed by atoms with Crippen LogP contribution in [0.2, 0.25) is 5.02 Å². The van der Waals surface area contributed by atoms with Gasteiger partial charge in [-0.2, -0.15) is 0 Å². The molecule has 0 N–H and O–H groups in total. The van der Waals surface area contributed by atoms with Crippen LogP contribution in [-0.4, -0.2) is 0 Å². The molecule has 0 aliphatic heterocycles. The van der Waals surface area contributed by atoms with Gasteiger partial charge in [0.25, 0.3) is 0 Å². The molecule has 4 heteroatoms.